The molecule has 0 fully saturated rings. The van der Waals surface area contributed by atoms with Gasteiger partial charge in [0.25, 0.3) is 0 Å². The van der Waals surface area contributed by atoms with Gasteiger partial charge in [0.05, 0.1) is 11.4 Å². The minimum Gasteiger partial charge on any atom is -0.481 e. The quantitative estimate of drug-likeness (QED) is 0.768. The summed E-state index contributed by atoms with van der Waals surface area (Å²) < 4.78 is 0. The van der Waals surface area contributed by atoms with Gasteiger partial charge in [0.2, 0.25) is 0 Å². The number of H-pyrrole nitrogens is 1. The molecule has 0 aliphatic heterocycles. The van der Waals surface area contributed by atoms with Gasteiger partial charge in [0.15, 0.2) is 0 Å². The Morgan fingerprint density at radius 2 is 2.31 bits per heavy atom. The summed E-state index contributed by atoms with van der Waals surface area (Å²) in [6.45, 7) is 0. The van der Waals surface area contributed by atoms with Crippen molar-refractivity contribution in [2.24, 2.45) is 5.73 Å². The lowest BCUT2D eigenvalue weighted by Crippen LogP contribution is -2.14. The van der Waals surface area contributed by atoms with Gasteiger partial charge < -0.3 is 15.8 Å². The fraction of sp³-hybridized carbons (Fsp3) is 0.182. The molecule has 2 rings (SSSR count). The maximum absolute atomic E-state index is 10.6. The Labute approximate surface area is 97.0 Å². The number of fused-ring (bicyclic) bond motifs is 1. The number of hydrogen-bond donors (Lipinski definition) is 3. The zero-order valence-corrected chi connectivity index (χ0v) is 9.16. The first-order valence-electron chi connectivity index (χ1n) is 4.82. The second-order valence-electron chi connectivity index (χ2n) is 3.65. The summed E-state index contributed by atoms with van der Waals surface area (Å²) in [6, 6.07) is 4.97. The van der Waals surface area contributed by atoms with E-state index in [0.29, 0.717) is 5.02 Å². The van der Waals surface area contributed by atoms with Crippen molar-refractivity contribution in [3.63, 3.8) is 0 Å². The number of aliphatic carboxylic acids is 1. The highest BCUT2D eigenvalue weighted by Crippen LogP contribution is 2.26. The molecule has 0 amide bonds. The van der Waals surface area contributed by atoms with E-state index in [1.807, 2.05) is 18.2 Å². The average molecular weight is 239 g/mol. The Kier molecular flexibility index (Phi) is 2.85. The molecule has 1 aromatic heterocycles. The molecular weight excluding hydrogens is 228 g/mol. The van der Waals surface area contributed by atoms with E-state index in [1.54, 1.807) is 6.20 Å². The molecule has 0 bridgehead atoms. The van der Waals surface area contributed by atoms with Crippen LogP contribution in [0.2, 0.25) is 5.02 Å². The minimum absolute atomic E-state index is 0.0897. The number of aromatic nitrogens is 1. The zero-order valence-electron chi connectivity index (χ0n) is 8.40. The molecule has 1 atom stereocenters. The summed E-state index contributed by atoms with van der Waals surface area (Å²) in [5.41, 5.74) is 7.46. The Morgan fingerprint density at radius 1 is 1.56 bits per heavy atom. The van der Waals surface area contributed by atoms with E-state index >= 15 is 0 Å². The number of hydrogen-bond acceptors (Lipinski definition) is 2. The summed E-state index contributed by atoms with van der Waals surface area (Å²) in [5, 5.41) is 10.1. The minimum atomic E-state index is -0.909. The predicted molar refractivity (Wildman–Crippen MR) is 62.5 cm³/mol. The standard InChI is InChI=1S/C11H11ClN2O2/c12-8-5-14-10-2-1-6(3-7(8)10)9(13)4-11(15)16/h1-3,5,9,14H,4,13H2,(H,15,16). The van der Waals surface area contributed by atoms with Gasteiger partial charge in [-0.25, -0.2) is 0 Å². The number of carboxylic acid groups (broad SMARTS) is 1. The third-order valence-corrected chi connectivity index (χ3v) is 2.79. The molecule has 0 aliphatic rings. The number of benzene rings is 1. The van der Waals surface area contributed by atoms with Gasteiger partial charge in [-0.2, -0.15) is 0 Å². The molecule has 1 aromatic carbocycles. The van der Waals surface area contributed by atoms with Crippen LogP contribution in [0.4, 0.5) is 0 Å². The number of halogens is 1. The Morgan fingerprint density at radius 3 is 3.00 bits per heavy atom. The maximum atomic E-state index is 10.6. The summed E-state index contributed by atoms with van der Waals surface area (Å²) in [4.78, 5) is 13.6. The molecule has 2 aromatic rings. The predicted octanol–water partition coefficient (Wildman–Crippen LogP) is 2.30. The van der Waals surface area contributed by atoms with Gasteiger partial charge in [0, 0.05) is 23.1 Å². The van der Waals surface area contributed by atoms with Crippen molar-refractivity contribution in [3.8, 4) is 0 Å². The molecule has 0 saturated carbocycles. The van der Waals surface area contributed by atoms with Crippen LogP contribution in [0.25, 0.3) is 10.9 Å². The monoisotopic (exact) mass is 238 g/mol. The highest BCUT2D eigenvalue weighted by Gasteiger charge is 2.12. The second-order valence-corrected chi connectivity index (χ2v) is 4.05. The van der Waals surface area contributed by atoms with Crippen LogP contribution >= 0.6 is 11.6 Å². The molecule has 4 N–H and O–H groups in total. The number of nitrogens with two attached hydrogens (primary N) is 1. The van der Waals surface area contributed by atoms with Crippen molar-refractivity contribution < 1.29 is 9.90 Å². The molecule has 84 valence electrons. The molecule has 4 nitrogen and oxygen atoms in total. The molecule has 0 spiro atoms. The van der Waals surface area contributed by atoms with Crippen molar-refractivity contribution in [1.82, 2.24) is 4.98 Å². The Balaban J connectivity index is 2.38. The molecule has 0 aliphatic carbocycles. The van der Waals surface area contributed by atoms with Crippen LogP contribution in [0, 0.1) is 0 Å². The fourth-order valence-corrected chi connectivity index (χ4v) is 1.85. The second kappa shape index (κ2) is 4.15. The molecule has 0 radical (unpaired) electrons. The normalized spacial score (nSPS) is 12.9. The molecule has 16 heavy (non-hydrogen) atoms. The maximum Gasteiger partial charge on any atom is 0.305 e. The third kappa shape index (κ3) is 2.03. The van der Waals surface area contributed by atoms with Crippen molar-refractivity contribution in [3.05, 3.63) is 35.0 Å². The first kappa shape index (κ1) is 11.0. The highest BCUT2D eigenvalue weighted by atomic mass is 35.5. The summed E-state index contributed by atoms with van der Waals surface area (Å²) in [7, 11) is 0. The van der Waals surface area contributed by atoms with Gasteiger partial charge >= 0.3 is 5.97 Å². The van der Waals surface area contributed by atoms with Crippen molar-refractivity contribution in [2.75, 3.05) is 0 Å². The van der Waals surface area contributed by atoms with E-state index in [9.17, 15) is 4.79 Å². The smallest absolute Gasteiger partial charge is 0.305 e. The van der Waals surface area contributed by atoms with E-state index in [-0.39, 0.29) is 6.42 Å². The zero-order chi connectivity index (χ0) is 11.7. The van der Waals surface area contributed by atoms with Crippen LogP contribution in [0.3, 0.4) is 0 Å². The molecule has 1 heterocycles. The lowest BCUT2D eigenvalue weighted by atomic mass is 10.0. The molecule has 5 heteroatoms. The van der Waals surface area contributed by atoms with Crippen molar-refractivity contribution in [2.45, 2.75) is 12.5 Å². The van der Waals surface area contributed by atoms with Gasteiger partial charge in [-0.05, 0) is 17.7 Å². The molecule has 0 saturated heterocycles. The summed E-state index contributed by atoms with van der Waals surface area (Å²) in [6.07, 6.45) is 1.60. The van der Waals surface area contributed by atoms with Gasteiger partial charge in [-0.15, -0.1) is 0 Å². The van der Waals surface area contributed by atoms with Gasteiger partial charge in [0.1, 0.15) is 0 Å². The van der Waals surface area contributed by atoms with Crippen LogP contribution in [-0.2, 0) is 4.79 Å². The number of carboxylic acids is 1. The van der Waals surface area contributed by atoms with Crippen molar-refractivity contribution in [1.29, 1.82) is 0 Å². The van der Waals surface area contributed by atoms with Gasteiger partial charge in [-0.3, -0.25) is 4.79 Å². The number of aromatic amines is 1. The number of carbonyl (C=O) groups is 1. The Bertz CT molecular complexity index is 536. The number of rotatable bonds is 3. The van der Waals surface area contributed by atoms with Crippen molar-refractivity contribution >= 4 is 28.5 Å². The van der Waals surface area contributed by atoms with Crippen LogP contribution in [0.15, 0.2) is 24.4 Å². The largest absolute Gasteiger partial charge is 0.481 e. The third-order valence-electron chi connectivity index (χ3n) is 2.48. The average Bonchev–Trinajstić information content (AvgIpc) is 2.59. The van der Waals surface area contributed by atoms with Crippen LogP contribution < -0.4 is 5.73 Å². The summed E-state index contributed by atoms with van der Waals surface area (Å²) in [5.74, 6) is -0.909. The SMILES string of the molecule is NC(CC(=O)O)c1ccc2[nH]cc(Cl)c2c1. The molecular formula is C11H11ClN2O2. The topological polar surface area (TPSA) is 79.1 Å². The molecule has 1 unspecified atom stereocenters. The van der Waals surface area contributed by atoms with Crippen LogP contribution in [0.5, 0.6) is 0 Å². The lowest BCUT2D eigenvalue weighted by molar-refractivity contribution is -0.137. The van der Waals surface area contributed by atoms with E-state index in [2.05, 4.69) is 4.98 Å². The van der Waals surface area contributed by atoms with E-state index < -0.39 is 12.0 Å². The van der Waals surface area contributed by atoms with Gasteiger partial charge in [-0.1, -0.05) is 17.7 Å². The fourth-order valence-electron chi connectivity index (χ4n) is 1.64. The van der Waals surface area contributed by atoms with Crippen LogP contribution in [0.1, 0.15) is 18.0 Å². The summed E-state index contributed by atoms with van der Waals surface area (Å²) >= 11 is 5.97. The van der Waals surface area contributed by atoms with E-state index in [4.69, 9.17) is 22.4 Å². The number of nitrogens with one attached hydrogen (secondary N) is 1. The van der Waals surface area contributed by atoms with E-state index in [0.717, 1.165) is 16.5 Å². The first-order chi connectivity index (χ1) is 7.58. The van der Waals surface area contributed by atoms with E-state index in [1.165, 1.54) is 0 Å². The highest BCUT2D eigenvalue weighted by molar-refractivity contribution is 6.35. The first-order valence-corrected chi connectivity index (χ1v) is 5.19. The van der Waals surface area contributed by atoms with Crippen LogP contribution in [-0.4, -0.2) is 16.1 Å². The Hall–Kier alpha value is -1.52. The lowest BCUT2D eigenvalue weighted by Gasteiger charge is -2.09.